The standard InChI is InChI=1S/C15H21N3O2/c1-16-15(19)14-8-12(4-6-17-14)18-7-5-13(9-18)20-10-11-2-3-11/h4,6,8,11,13H,2-3,5,7,9-10H2,1H3,(H,16,19). The van der Waals surface area contributed by atoms with Crippen molar-refractivity contribution in [1.29, 1.82) is 0 Å². The van der Waals surface area contributed by atoms with Gasteiger partial charge in [-0.15, -0.1) is 0 Å². The van der Waals surface area contributed by atoms with E-state index in [9.17, 15) is 4.79 Å². The van der Waals surface area contributed by atoms with Crippen LogP contribution in [0, 0.1) is 5.92 Å². The molecule has 0 aromatic carbocycles. The van der Waals surface area contributed by atoms with Gasteiger partial charge in [0.25, 0.3) is 5.91 Å². The van der Waals surface area contributed by atoms with Gasteiger partial charge in [0.1, 0.15) is 5.69 Å². The zero-order valence-electron chi connectivity index (χ0n) is 11.8. The van der Waals surface area contributed by atoms with Crippen LogP contribution in [0.5, 0.6) is 0 Å². The molecule has 0 bridgehead atoms. The molecule has 0 spiro atoms. The van der Waals surface area contributed by atoms with E-state index >= 15 is 0 Å². The third-order valence-corrected chi connectivity index (χ3v) is 3.98. The van der Waals surface area contributed by atoms with Crippen molar-refractivity contribution in [3.05, 3.63) is 24.0 Å². The van der Waals surface area contributed by atoms with E-state index in [2.05, 4.69) is 15.2 Å². The summed E-state index contributed by atoms with van der Waals surface area (Å²) in [6.45, 7) is 2.80. The number of amides is 1. The number of rotatable bonds is 5. The molecule has 1 N–H and O–H groups in total. The number of nitrogens with one attached hydrogen (secondary N) is 1. The van der Waals surface area contributed by atoms with Crippen molar-refractivity contribution >= 4 is 11.6 Å². The van der Waals surface area contributed by atoms with Crippen molar-refractivity contribution in [3.63, 3.8) is 0 Å². The molecule has 2 aliphatic rings. The molecule has 2 heterocycles. The van der Waals surface area contributed by atoms with Crippen LogP contribution in [0.4, 0.5) is 5.69 Å². The SMILES string of the molecule is CNC(=O)c1cc(N2CCC(OCC3CC3)C2)ccn1. The van der Waals surface area contributed by atoms with E-state index < -0.39 is 0 Å². The Morgan fingerprint density at radius 2 is 2.35 bits per heavy atom. The second-order valence-corrected chi connectivity index (χ2v) is 5.61. The van der Waals surface area contributed by atoms with E-state index in [0.717, 1.165) is 37.7 Å². The quantitative estimate of drug-likeness (QED) is 0.883. The Bertz CT molecular complexity index is 488. The Morgan fingerprint density at radius 1 is 1.50 bits per heavy atom. The highest BCUT2D eigenvalue weighted by molar-refractivity contribution is 5.92. The molecule has 1 aliphatic heterocycles. The molecule has 1 amide bonds. The Balaban J connectivity index is 1.60. The Kier molecular flexibility index (Phi) is 3.87. The molecule has 1 saturated heterocycles. The number of hydrogen-bond acceptors (Lipinski definition) is 4. The fourth-order valence-electron chi connectivity index (χ4n) is 2.52. The molecular formula is C15H21N3O2. The van der Waals surface area contributed by atoms with Gasteiger partial charge >= 0.3 is 0 Å². The lowest BCUT2D eigenvalue weighted by Gasteiger charge is -2.19. The molecular weight excluding hydrogens is 254 g/mol. The molecule has 5 nitrogen and oxygen atoms in total. The van der Waals surface area contributed by atoms with Crippen molar-refractivity contribution in [1.82, 2.24) is 10.3 Å². The summed E-state index contributed by atoms with van der Waals surface area (Å²) >= 11 is 0. The fraction of sp³-hybridized carbons (Fsp3) is 0.600. The number of carbonyl (C=O) groups is 1. The van der Waals surface area contributed by atoms with Crippen molar-refractivity contribution < 1.29 is 9.53 Å². The van der Waals surface area contributed by atoms with Crippen LogP contribution < -0.4 is 10.2 Å². The first kappa shape index (κ1) is 13.4. The van der Waals surface area contributed by atoms with Crippen LogP contribution >= 0.6 is 0 Å². The van der Waals surface area contributed by atoms with E-state index in [1.165, 1.54) is 12.8 Å². The van der Waals surface area contributed by atoms with Crippen molar-refractivity contribution in [2.75, 3.05) is 31.6 Å². The molecule has 0 radical (unpaired) electrons. The molecule has 2 fully saturated rings. The average Bonchev–Trinajstić information content (AvgIpc) is 3.21. The molecule has 1 saturated carbocycles. The van der Waals surface area contributed by atoms with Crippen molar-refractivity contribution in [2.45, 2.75) is 25.4 Å². The summed E-state index contributed by atoms with van der Waals surface area (Å²) in [5, 5.41) is 2.60. The molecule has 3 rings (SSSR count). The summed E-state index contributed by atoms with van der Waals surface area (Å²) in [5.74, 6) is 0.664. The first-order valence-electron chi connectivity index (χ1n) is 7.31. The number of carbonyl (C=O) groups excluding carboxylic acids is 1. The molecule has 1 aliphatic carbocycles. The Labute approximate surface area is 119 Å². The lowest BCUT2D eigenvalue weighted by Crippen LogP contribution is -2.24. The molecule has 1 atom stereocenters. The lowest BCUT2D eigenvalue weighted by molar-refractivity contribution is 0.0605. The second kappa shape index (κ2) is 5.79. The highest BCUT2D eigenvalue weighted by atomic mass is 16.5. The average molecular weight is 275 g/mol. The minimum Gasteiger partial charge on any atom is -0.376 e. The maximum atomic E-state index is 11.6. The van der Waals surface area contributed by atoms with Gasteiger partial charge in [0.05, 0.1) is 6.10 Å². The second-order valence-electron chi connectivity index (χ2n) is 5.61. The van der Waals surface area contributed by atoms with Crippen LogP contribution in [-0.4, -0.2) is 43.7 Å². The van der Waals surface area contributed by atoms with E-state index in [4.69, 9.17) is 4.74 Å². The van der Waals surface area contributed by atoms with Gasteiger partial charge in [-0.05, 0) is 37.3 Å². The highest BCUT2D eigenvalue weighted by Crippen LogP contribution is 2.30. The maximum absolute atomic E-state index is 11.6. The van der Waals surface area contributed by atoms with Gasteiger partial charge in [-0.25, -0.2) is 0 Å². The van der Waals surface area contributed by atoms with Gasteiger partial charge in [0.15, 0.2) is 0 Å². The number of pyridine rings is 1. The summed E-state index contributed by atoms with van der Waals surface area (Å²) in [4.78, 5) is 18.0. The molecule has 108 valence electrons. The summed E-state index contributed by atoms with van der Waals surface area (Å²) in [6, 6.07) is 3.80. The van der Waals surface area contributed by atoms with E-state index in [1.807, 2.05) is 12.1 Å². The number of aromatic nitrogens is 1. The van der Waals surface area contributed by atoms with E-state index in [0.29, 0.717) is 11.8 Å². The first-order chi connectivity index (χ1) is 9.76. The van der Waals surface area contributed by atoms with Gasteiger partial charge in [-0.2, -0.15) is 0 Å². The largest absolute Gasteiger partial charge is 0.376 e. The predicted octanol–water partition coefficient (Wildman–Crippen LogP) is 1.45. The lowest BCUT2D eigenvalue weighted by atomic mass is 10.3. The zero-order chi connectivity index (χ0) is 13.9. The topological polar surface area (TPSA) is 54.5 Å². The van der Waals surface area contributed by atoms with Crippen LogP contribution in [0.15, 0.2) is 18.3 Å². The van der Waals surface area contributed by atoms with Crippen molar-refractivity contribution in [2.24, 2.45) is 5.92 Å². The first-order valence-corrected chi connectivity index (χ1v) is 7.31. The summed E-state index contributed by atoms with van der Waals surface area (Å²) < 4.78 is 5.94. The minimum absolute atomic E-state index is 0.146. The van der Waals surface area contributed by atoms with Crippen LogP contribution in [0.3, 0.4) is 0 Å². The van der Waals surface area contributed by atoms with E-state index in [-0.39, 0.29) is 5.91 Å². The molecule has 1 unspecified atom stereocenters. The molecule has 20 heavy (non-hydrogen) atoms. The third kappa shape index (κ3) is 3.10. The van der Waals surface area contributed by atoms with E-state index in [1.54, 1.807) is 13.2 Å². The third-order valence-electron chi connectivity index (χ3n) is 3.98. The smallest absolute Gasteiger partial charge is 0.269 e. The van der Waals surface area contributed by atoms with Gasteiger partial charge in [0.2, 0.25) is 0 Å². The fourth-order valence-corrected chi connectivity index (χ4v) is 2.52. The van der Waals surface area contributed by atoms with Crippen LogP contribution in [-0.2, 0) is 4.74 Å². The Morgan fingerprint density at radius 3 is 3.10 bits per heavy atom. The monoisotopic (exact) mass is 275 g/mol. The van der Waals surface area contributed by atoms with Crippen LogP contribution in [0.1, 0.15) is 29.8 Å². The number of ether oxygens (including phenoxy) is 1. The zero-order valence-corrected chi connectivity index (χ0v) is 11.8. The molecule has 5 heteroatoms. The summed E-state index contributed by atoms with van der Waals surface area (Å²) in [7, 11) is 1.62. The van der Waals surface area contributed by atoms with Crippen molar-refractivity contribution in [3.8, 4) is 0 Å². The maximum Gasteiger partial charge on any atom is 0.269 e. The predicted molar refractivity (Wildman–Crippen MR) is 76.9 cm³/mol. The van der Waals surface area contributed by atoms with Gasteiger partial charge in [0, 0.05) is 38.6 Å². The van der Waals surface area contributed by atoms with Gasteiger partial charge in [-0.3, -0.25) is 9.78 Å². The molecule has 1 aromatic heterocycles. The van der Waals surface area contributed by atoms with Crippen LogP contribution in [0.2, 0.25) is 0 Å². The summed E-state index contributed by atoms with van der Waals surface area (Å²) in [6.07, 6.45) is 5.74. The van der Waals surface area contributed by atoms with Gasteiger partial charge < -0.3 is 15.0 Å². The number of anilines is 1. The summed E-state index contributed by atoms with van der Waals surface area (Å²) in [5.41, 5.74) is 1.52. The Hall–Kier alpha value is -1.62. The normalized spacial score (nSPS) is 22.1. The minimum atomic E-state index is -0.146. The highest BCUT2D eigenvalue weighted by Gasteiger charge is 2.27. The van der Waals surface area contributed by atoms with Crippen LogP contribution in [0.25, 0.3) is 0 Å². The van der Waals surface area contributed by atoms with Gasteiger partial charge in [-0.1, -0.05) is 0 Å². The number of nitrogens with zero attached hydrogens (tertiary/aromatic N) is 2. The molecule has 1 aromatic rings. The number of hydrogen-bond donors (Lipinski definition) is 1.